The Morgan fingerprint density at radius 2 is 1.79 bits per heavy atom. The molecule has 114 valence electrons. The van der Waals surface area contributed by atoms with E-state index in [1.807, 2.05) is 6.92 Å². The third kappa shape index (κ3) is 4.59. The van der Waals surface area contributed by atoms with Crippen LogP contribution in [0, 0.1) is 11.8 Å². The summed E-state index contributed by atoms with van der Waals surface area (Å²) < 4.78 is 28.2. The van der Waals surface area contributed by atoms with E-state index in [1.54, 1.807) is 11.4 Å². The number of alkyl halides is 1. The SMILES string of the molecule is CC(C)CC(C)N(C)S(=O)(=O)N1CCC(CCl)CC1. The summed E-state index contributed by atoms with van der Waals surface area (Å²) in [5, 5.41) is 0. The molecule has 0 spiro atoms. The molecular weight excluding hydrogens is 284 g/mol. The van der Waals surface area contributed by atoms with E-state index in [1.165, 1.54) is 4.31 Å². The molecule has 0 aliphatic carbocycles. The van der Waals surface area contributed by atoms with Crippen LogP contribution in [0.3, 0.4) is 0 Å². The van der Waals surface area contributed by atoms with Crippen molar-refractivity contribution in [2.24, 2.45) is 11.8 Å². The van der Waals surface area contributed by atoms with Gasteiger partial charge in [-0.2, -0.15) is 17.0 Å². The normalized spacial score (nSPS) is 21.2. The molecule has 1 rings (SSSR count). The minimum atomic E-state index is -3.31. The zero-order valence-electron chi connectivity index (χ0n) is 12.5. The molecule has 1 saturated heterocycles. The van der Waals surface area contributed by atoms with Gasteiger partial charge in [0.1, 0.15) is 0 Å². The predicted molar refractivity (Wildman–Crippen MR) is 80.6 cm³/mol. The van der Waals surface area contributed by atoms with E-state index in [0.717, 1.165) is 19.3 Å². The van der Waals surface area contributed by atoms with Gasteiger partial charge in [0.05, 0.1) is 0 Å². The highest BCUT2D eigenvalue weighted by molar-refractivity contribution is 7.86. The zero-order valence-corrected chi connectivity index (χ0v) is 14.0. The average Bonchev–Trinajstić information content (AvgIpc) is 2.37. The summed E-state index contributed by atoms with van der Waals surface area (Å²) in [5.41, 5.74) is 0. The highest BCUT2D eigenvalue weighted by atomic mass is 35.5. The van der Waals surface area contributed by atoms with Gasteiger partial charge in [0.15, 0.2) is 0 Å². The molecule has 1 heterocycles. The van der Waals surface area contributed by atoms with Crippen molar-refractivity contribution in [3.63, 3.8) is 0 Å². The van der Waals surface area contributed by atoms with Crippen LogP contribution in [0.25, 0.3) is 0 Å². The monoisotopic (exact) mass is 310 g/mol. The van der Waals surface area contributed by atoms with Crippen molar-refractivity contribution in [3.8, 4) is 0 Å². The highest BCUT2D eigenvalue weighted by Gasteiger charge is 2.33. The van der Waals surface area contributed by atoms with Crippen LogP contribution >= 0.6 is 11.6 Å². The standard InChI is InChI=1S/C13H27ClN2O2S/c1-11(2)9-12(3)15(4)19(17,18)16-7-5-13(10-14)6-8-16/h11-13H,5-10H2,1-4H3. The highest BCUT2D eigenvalue weighted by Crippen LogP contribution is 2.23. The van der Waals surface area contributed by atoms with Crippen LogP contribution in [0.2, 0.25) is 0 Å². The molecule has 1 unspecified atom stereocenters. The van der Waals surface area contributed by atoms with Gasteiger partial charge in [-0.25, -0.2) is 0 Å². The van der Waals surface area contributed by atoms with Crippen LogP contribution in [0.4, 0.5) is 0 Å². The van der Waals surface area contributed by atoms with Gasteiger partial charge >= 0.3 is 0 Å². The van der Waals surface area contributed by atoms with Crippen molar-refractivity contribution in [2.45, 2.75) is 46.1 Å². The number of piperidine rings is 1. The molecule has 0 aromatic carbocycles. The van der Waals surface area contributed by atoms with Crippen LogP contribution in [-0.2, 0) is 10.2 Å². The third-order valence-electron chi connectivity index (χ3n) is 3.92. The molecule has 0 bridgehead atoms. The lowest BCUT2D eigenvalue weighted by molar-refractivity contribution is 0.254. The summed E-state index contributed by atoms with van der Waals surface area (Å²) >= 11 is 5.83. The molecule has 1 fully saturated rings. The second-order valence-electron chi connectivity index (χ2n) is 6.00. The van der Waals surface area contributed by atoms with Crippen molar-refractivity contribution in [3.05, 3.63) is 0 Å². The number of hydrogen-bond donors (Lipinski definition) is 0. The molecule has 1 atom stereocenters. The van der Waals surface area contributed by atoms with Gasteiger partial charge in [-0.3, -0.25) is 0 Å². The Morgan fingerprint density at radius 3 is 2.21 bits per heavy atom. The van der Waals surface area contributed by atoms with Crippen LogP contribution in [0.15, 0.2) is 0 Å². The lowest BCUT2D eigenvalue weighted by Crippen LogP contribution is -2.48. The van der Waals surface area contributed by atoms with Gasteiger partial charge in [0, 0.05) is 32.1 Å². The fourth-order valence-electron chi connectivity index (χ4n) is 2.53. The smallest absolute Gasteiger partial charge is 0.195 e. The Labute approximate surface area is 123 Å². The first-order chi connectivity index (χ1) is 8.78. The molecule has 1 aliphatic heterocycles. The molecule has 6 heteroatoms. The van der Waals surface area contributed by atoms with Crippen LogP contribution in [0.5, 0.6) is 0 Å². The molecular formula is C13H27ClN2O2S. The quantitative estimate of drug-likeness (QED) is 0.707. The van der Waals surface area contributed by atoms with Crippen molar-refractivity contribution in [2.75, 3.05) is 26.0 Å². The van der Waals surface area contributed by atoms with Gasteiger partial charge in [0.2, 0.25) is 0 Å². The van der Waals surface area contributed by atoms with Crippen molar-refractivity contribution in [1.82, 2.24) is 8.61 Å². The van der Waals surface area contributed by atoms with Crippen molar-refractivity contribution < 1.29 is 8.42 Å². The van der Waals surface area contributed by atoms with Gasteiger partial charge in [-0.1, -0.05) is 13.8 Å². The van der Waals surface area contributed by atoms with E-state index < -0.39 is 10.2 Å². The van der Waals surface area contributed by atoms with Crippen molar-refractivity contribution in [1.29, 1.82) is 0 Å². The zero-order chi connectivity index (χ0) is 14.6. The first-order valence-electron chi connectivity index (χ1n) is 7.08. The molecule has 0 radical (unpaired) electrons. The summed E-state index contributed by atoms with van der Waals surface area (Å²) in [6, 6.07) is 0.0377. The van der Waals surface area contributed by atoms with E-state index in [-0.39, 0.29) is 6.04 Å². The lowest BCUT2D eigenvalue weighted by atomic mass is 10.0. The number of nitrogens with zero attached hydrogens (tertiary/aromatic N) is 2. The van der Waals surface area contributed by atoms with E-state index in [2.05, 4.69) is 13.8 Å². The Hall–Kier alpha value is 0.160. The number of halogens is 1. The fraction of sp³-hybridized carbons (Fsp3) is 1.00. The van der Waals surface area contributed by atoms with E-state index in [9.17, 15) is 8.42 Å². The Bertz CT molecular complexity index is 365. The van der Waals surface area contributed by atoms with E-state index in [4.69, 9.17) is 11.6 Å². The number of hydrogen-bond acceptors (Lipinski definition) is 2. The molecule has 4 nitrogen and oxygen atoms in total. The summed E-state index contributed by atoms with van der Waals surface area (Å²) in [6.45, 7) is 7.39. The van der Waals surface area contributed by atoms with Gasteiger partial charge < -0.3 is 0 Å². The second kappa shape index (κ2) is 7.25. The van der Waals surface area contributed by atoms with Crippen LogP contribution < -0.4 is 0 Å². The molecule has 0 N–H and O–H groups in total. The van der Waals surface area contributed by atoms with Crippen LogP contribution in [0.1, 0.15) is 40.0 Å². The molecule has 0 aromatic heterocycles. The maximum Gasteiger partial charge on any atom is 0.281 e. The van der Waals surface area contributed by atoms with Gasteiger partial charge in [0.25, 0.3) is 10.2 Å². The van der Waals surface area contributed by atoms with E-state index >= 15 is 0 Å². The average molecular weight is 311 g/mol. The molecule has 0 aromatic rings. The van der Waals surface area contributed by atoms with Gasteiger partial charge in [-0.15, -0.1) is 11.6 Å². The largest absolute Gasteiger partial charge is 0.281 e. The first kappa shape index (κ1) is 17.2. The van der Waals surface area contributed by atoms with Gasteiger partial charge in [-0.05, 0) is 38.0 Å². The summed E-state index contributed by atoms with van der Waals surface area (Å²) in [6.07, 6.45) is 2.62. The third-order valence-corrected chi connectivity index (χ3v) is 6.46. The maximum absolute atomic E-state index is 12.5. The summed E-state index contributed by atoms with van der Waals surface area (Å²) in [7, 11) is -1.62. The first-order valence-corrected chi connectivity index (χ1v) is 9.01. The topological polar surface area (TPSA) is 40.6 Å². The Kier molecular flexibility index (Phi) is 6.57. The van der Waals surface area contributed by atoms with E-state index in [0.29, 0.717) is 30.8 Å². The number of rotatable bonds is 6. The van der Waals surface area contributed by atoms with Crippen LogP contribution in [-0.4, -0.2) is 49.1 Å². The molecule has 19 heavy (non-hydrogen) atoms. The minimum absolute atomic E-state index is 0.0377. The lowest BCUT2D eigenvalue weighted by Gasteiger charge is -2.35. The Balaban J connectivity index is 2.65. The maximum atomic E-state index is 12.5. The summed E-state index contributed by atoms with van der Waals surface area (Å²) in [5.74, 6) is 1.59. The Morgan fingerprint density at radius 1 is 1.26 bits per heavy atom. The minimum Gasteiger partial charge on any atom is -0.195 e. The predicted octanol–water partition coefficient (Wildman–Crippen LogP) is 2.55. The molecule has 0 amide bonds. The molecule has 1 aliphatic rings. The summed E-state index contributed by atoms with van der Waals surface area (Å²) in [4.78, 5) is 0. The second-order valence-corrected chi connectivity index (χ2v) is 8.30. The van der Waals surface area contributed by atoms with Crippen molar-refractivity contribution >= 4 is 21.8 Å². The molecule has 0 saturated carbocycles. The fourth-order valence-corrected chi connectivity index (χ4v) is 4.42.